The maximum Gasteiger partial charge on any atom is 0.257 e. The minimum Gasteiger partial charge on any atom is -0.463 e. The number of carbonyl (C=O) groups is 1. The third-order valence-electron chi connectivity index (χ3n) is 6.32. The van der Waals surface area contributed by atoms with E-state index >= 15 is 0 Å². The van der Waals surface area contributed by atoms with Gasteiger partial charge < -0.3 is 9.32 Å². The van der Waals surface area contributed by atoms with Crippen LogP contribution in [0.25, 0.3) is 23.5 Å². The molecular formula is C28H30N6O2. The number of carbonyl (C=O) groups excluding carboxylic acids is 1. The number of amides is 1. The van der Waals surface area contributed by atoms with Gasteiger partial charge >= 0.3 is 0 Å². The molecule has 1 amide bonds. The number of hydrogen-bond donors (Lipinski definition) is 0. The topological polar surface area (TPSA) is 80.3 Å². The summed E-state index contributed by atoms with van der Waals surface area (Å²) in [6.45, 7) is 8.02. The Labute approximate surface area is 210 Å². The Balaban J connectivity index is 1.28. The highest BCUT2D eigenvalue weighted by atomic mass is 16.3. The molecule has 0 aliphatic carbocycles. The van der Waals surface area contributed by atoms with E-state index in [1.807, 2.05) is 35.2 Å². The molecule has 0 bridgehead atoms. The molecule has 0 radical (unpaired) electrons. The van der Waals surface area contributed by atoms with E-state index in [-0.39, 0.29) is 11.8 Å². The third kappa shape index (κ3) is 5.13. The highest BCUT2D eigenvalue weighted by molar-refractivity contribution is 5.95. The fourth-order valence-corrected chi connectivity index (χ4v) is 4.46. The van der Waals surface area contributed by atoms with Gasteiger partial charge in [-0.2, -0.15) is 5.10 Å². The maximum absolute atomic E-state index is 13.5. The minimum atomic E-state index is 0.00613. The van der Waals surface area contributed by atoms with Crippen LogP contribution in [-0.4, -0.2) is 68.2 Å². The molecule has 4 aromatic rings. The second-order valence-electron chi connectivity index (χ2n) is 9.14. The van der Waals surface area contributed by atoms with Crippen molar-refractivity contribution in [1.82, 2.24) is 29.5 Å². The summed E-state index contributed by atoms with van der Waals surface area (Å²) in [5, 5.41) is 4.52. The van der Waals surface area contributed by atoms with Crippen LogP contribution in [0.5, 0.6) is 0 Å². The average Bonchev–Trinajstić information content (AvgIpc) is 3.60. The zero-order valence-electron chi connectivity index (χ0n) is 20.6. The van der Waals surface area contributed by atoms with Crippen LogP contribution in [0.2, 0.25) is 0 Å². The highest BCUT2D eigenvalue weighted by Gasteiger charge is 2.28. The molecule has 1 fully saturated rings. The van der Waals surface area contributed by atoms with Crippen LogP contribution in [0.15, 0.2) is 77.7 Å². The first-order valence-corrected chi connectivity index (χ1v) is 12.3. The van der Waals surface area contributed by atoms with Crippen LogP contribution in [-0.2, 0) is 0 Å². The molecule has 1 aliphatic heterocycles. The Morgan fingerprint density at radius 1 is 1.06 bits per heavy atom. The van der Waals surface area contributed by atoms with Crippen molar-refractivity contribution in [3.05, 3.63) is 90.1 Å². The largest absolute Gasteiger partial charge is 0.463 e. The smallest absolute Gasteiger partial charge is 0.257 e. The third-order valence-corrected chi connectivity index (χ3v) is 6.32. The molecule has 5 rings (SSSR count). The van der Waals surface area contributed by atoms with Crippen LogP contribution in [0.1, 0.15) is 41.4 Å². The molecule has 8 nitrogen and oxygen atoms in total. The summed E-state index contributed by atoms with van der Waals surface area (Å²) in [4.78, 5) is 26.8. The standard InChI is InChI=1S/C28H30N6O2/c1-21(2)26-23(20-30-34(26)28-29-13-12-24(31-28)25-11-7-19-36-25)27(35)33-17-15-32(16-18-33)14-6-10-22-8-4-3-5-9-22/h3-13,19-21H,14-18H2,1-2H3. The van der Waals surface area contributed by atoms with Crippen molar-refractivity contribution in [1.29, 1.82) is 0 Å². The Hall–Kier alpha value is -4.04. The molecule has 36 heavy (non-hydrogen) atoms. The minimum absolute atomic E-state index is 0.00613. The fourth-order valence-electron chi connectivity index (χ4n) is 4.46. The Morgan fingerprint density at radius 2 is 1.86 bits per heavy atom. The van der Waals surface area contributed by atoms with E-state index in [0.29, 0.717) is 36.1 Å². The zero-order valence-corrected chi connectivity index (χ0v) is 20.6. The second-order valence-corrected chi connectivity index (χ2v) is 9.14. The van der Waals surface area contributed by atoms with Gasteiger partial charge in [-0.25, -0.2) is 14.6 Å². The lowest BCUT2D eigenvalue weighted by Crippen LogP contribution is -2.48. The molecule has 0 N–H and O–H groups in total. The first-order valence-electron chi connectivity index (χ1n) is 12.3. The van der Waals surface area contributed by atoms with Gasteiger partial charge in [-0.1, -0.05) is 56.3 Å². The summed E-state index contributed by atoms with van der Waals surface area (Å²) in [7, 11) is 0. The predicted molar refractivity (Wildman–Crippen MR) is 139 cm³/mol. The molecule has 0 spiro atoms. The molecule has 0 saturated carbocycles. The van der Waals surface area contributed by atoms with E-state index in [1.54, 1.807) is 29.4 Å². The van der Waals surface area contributed by atoms with E-state index in [0.717, 1.165) is 25.3 Å². The quantitative estimate of drug-likeness (QED) is 0.385. The zero-order chi connectivity index (χ0) is 24.9. The van der Waals surface area contributed by atoms with Gasteiger partial charge in [0.1, 0.15) is 5.69 Å². The highest BCUT2D eigenvalue weighted by Crippen LogP contribution is 2.25. The van der Waals surface area contributed by atoms with Gasteiger partial charge in [0.15, 0.2) is 5.76 Å². The van der Waals surface area contributed by atoms with E-state index < -0.39 is 0 Å². The summed E-state index contributed by atoms with van der Waals surface area (Å²) in [5.41, 5.74) is 3.28. The van der Waals surface area contributed by atoms with Crippen LogP contribution >= 0.6 is 0 Å². The van der Waals surface area contributed by atoms with E-state index in [1.165, 1.54) is 5.56 Å². The Kier molecular flexibility index (Phi) is 7.04. The van der Waals surface area contributed by atoms with Crippen molar-refractivity contribution in [3.63, 3.8) is 0 Å². The van der Waals surface area contributed by atoms with E-state index in [9.17, 15) is 4.79 Å². The number of hydrogen-bond acceptors (Lipinski definition) is 6. The molecule has 8 heteroatoms. The van der Waals surface area contributed by atoms with Gasteiger partial charge in [-0.05, 0) is 29.7 Å². The summed E-state index contributed by atoms with van der Waals surface area (Å²) in [6, 6.07) is 15.8. The molecule has 0 atom stereocenters. The van der Waals surface area contributed by atoms with E-state index in [4.69, 9.17) is 4.42 Å². The predicted octanol–water partition coefficient (Wildman–Crippen LogP) is 4.52. The molecule has 1 aromatic carbocycles. The Morgan fingerprint density at radius 3 is 2.58 bits per heavy atom. The van der Waals surface area contributed by atoms with Gasteiger partial charge in [-0.15, -0.1) is 0 Å². The average molecular weight is 483 g/mol. The molecule has 4 heterocycles. The number of furan rings is 1. The van der Waals surface area contributed by atoms with Crippen molar-refractivity contribution >= 4 is 12.0 Å². The molecule has 3 aromatic heterocycles. The number of piperazine rings is 1. The SMILES string of the molecule is CC(C)c1c(C(=O)N2CCN(CC=Cc3ccccc3)CC2)cnn1-c1nccc(-c2ccco2)n1. The summed E-state index contributed by atoms with van der Waals surface area (Å²) in [6.07, 6.45) is 9.27. The van der Waals surface area contributed by atoms with Crippen molar-refractivity contribution in [3.8, 4) is 17.4 Å². The lowest BCUT2D eigenvalue weighted by molar-refractivity contribution is 0.0648. The van der Waals surface area contributed by atoms with Crippen molar-refractivity contribution in [2.24, 2.45) is 0 Å². The number of nitrogens with zero attached hydrogens (tertiary/aromatic N) is 6. The van der Waals surface area contributed by atoms with Crippen LogP contribution in [0.3, 0.4) is 0 Å². The first-order chi connectivity index (χ1) is 17.6. The number of aromatic nitrogens is 4. The van der Waals surface area contributed by atoms with Crippen LogP contribution < -0.4 is 0 Å². The number of benzene rings is 1. The molecule has 184 valence electrons. The lowest BCUT2D eigenvalue weighted by Gasteiger charge is -2.34. The second kappa shape index (κ2) is 10.7. The first kappa shape index (κ1) is 23.7. The lowest BCUT2D eigenvalue weighted by atomic mass is 10.0. The molecule has 1 saturated heterocycles. The van der Waals surface area contributed by atoms with Crippen molar-refractivity contribution < 1.29 is 9.21 Å². The molecule has 0 unspecified atom stereocenters. The normalized spacial score (nSPS) is 14.7. The van der Waals surface area contributed by atoms with Gasteiger partial charge in [0, 0.05) is 38.9 Å². The Bertz CT molecular complexity index is 1320. The van der Waals surface area contributed by atoms with E-state index in [2.05, 4.69) is 58.1 Å². The maximum atomic E-state index is 13.5. The van der Waals surface area contributed by atoms with Crippen molar-refractivity contribution in [2.75, 3.05) is 32.7 Å². The fraction of sp³-hybridized carbons (Fsp3) is 0.286. The van der Waals surface area contributed by atoms with Crippen LogP contribution in [0.4, 0.5) is 0 Å². The van der Waals surface area contributed by atoms with Crippen LogP contribution in [0, 0.1) is 0 Å². The van der Waals surface area contributed by atoms with Gasteiger partial charge in [0.25, 0.3) is 11.9 Å². The summed E-state index contributed by atoms with van der Waals surface area (Å²) >= 11 is 0. The summed E-state index contributed by atoms with van der Waals surface area (Å²) < 4.78 is 7.15. The van der Waals surface area contributed by atoms with Gasteiger partial charge in [0.2, 0.25) is 0 Å². The van der Waals surface area contributed by atoms with Gasteiger partial charge in [0.05, 0.1) is 23.7 Å². The molecular weight excluding hydrogens is 452 g/mol. The van der Waals surface area contributed by atoms with Crippen molar-refractivity contribution in [2.45, 2.75) is 19.8 Å². The summed E-state index contributed by atoms with van der Waals surface area (Å²) in [5.74, 6) is 1.14. The monoisotopic (exact) mass is 482 g/mol. The van der Waals surface area contributed by atoms with Gasteiger partial charge in [-0.3, -0.25) is 9.69 Å². The molecule has 1 aliphatic rings. The number of rotatable bonds is 7.